The highest BCUT2D eigenvalue weighted by atomic mass is 16.7. The van der Waals surface area contributed by atoms with E-state index < -0.39 is 0 Å². The van der Waals surface area contributed by atoms with E-state index in [-0.39, 0.29) is 5.54 Å². The second kappa shape index (κ2) is 8.68. The van der Waals surface area contributed by atoms with Crippen LogP contribution in [-0.4, -0.2) is 41.8 Å². The van der Waals surface area contributed by atoms with Gasteiger partial charge in [0.2, 0.25) is 0 Å². The van der Waals surface area contributed by atoms with Crippen LogP contribution < -0.4 is 16.1 Å². The number of benzene rings is 1. The van der Waals surface area contributed by atoms with Crippen LogP contribution in [0.15, 0.2) is 48.7 Å². The highest BCUT2D eigenvalue weighted by Crippen LogP contribution is 2.26. The summed E-state index contributed by atoms with van der Waals surface area (Å²) in [4.78, 5) is 12.2. The Kier molecular flexibility index (Phi) is 6.04. The van der Waals surface area contributed by atoms with Gasteiger partial charge in [-0.2, -0.15) is 5.48 Å². The van der Waals surface area contributed by atoms with Gasteiger partial charge in [-0.05, 0) is 36.6 Å². The van der Waals surface area contributed by atoms with E-state index in [2.05, 4.69) is 70.2 Å². The Morgan fingerprint density at radius 3 is 2.71 bits per heavy atom. The van der Waals surface area contributed by atoms with E-state index in [1.807, 2.05) is 18.3 Å². The molecule has 3 atom stereocenters. The molecule has 2 saturated heterocycles. The highest BCUT2D eigenvalue weighted by molar-refractivity contribution is 5.28. The van der Waals surface area contributed by atoms with Crippen LogP contribution in [0.25, 0.3) is 0 Å². The smallest absolute Gasteiger partial charge is 0.119 e. The maximum absolute atomic E-state index is 5.30. The number of hydrogen-bond acceptors (Lipinski definition) is 6. The normalized spacial score (nSPS) is 24.6. The molecule has 0 aliphatic carbocycles. The molecular formula is C22H31N5O. The molecular weight excluding hydrogens is 350 g/mol. The van der Waals surface area contributed by atoms with Gasteiger partial charge in [0, 0.05) is 44.0 Å². The lowest BCUT2D eigenvalue weighted by Gasteiger charge is -2.31. The zero-order chi connectivity index (χ0) is 19.4. The van der Waals surface area contributed by atoms with Crippen molar-refractivity contribution in [2.75, 3.05) is 19.8 Å². The van der Waals surface area contributed by atoms with Crippen LogP contribution in [0, 0.1) is 0 Å². The van der Waals surface area contributed by atoms with Gasteiger partial charge in [-0.3, -0.25) is 20.0 Å². The van der Waals surface area contributed by atoms with E-state index in [1.165, 1.54) is 11.1 Å². The molecule has 2 aliphatic rings. The lowest BCUT2D eigenvalue weighted by atomic mass is 9.88. The Morgan fingerprint density at radius 2 is 2.00 bits per heavy atom. The number of rotatable bonds is 7. The minimum atomic E-state index is -0.0657. The maximum Gasteiger partial charge on any atom is 0.119 e. The molecule has 6 heteroatoms. The summed E-state index contributed by atoms with van der Waals surface area (Å²) in [5, 5.41) is 7.12. The SMILES string of the molecule is CCC(C)(NCc1ccccn1)c1ccc(CN2CC3NCONC3C2)cc1. The number of pyridine rings is 1. The number of likely N-dealkylation sites (tertiary alicyclic amines) is 1. The number of aromatic nitrogens is 1. The minimum Gasteiger partial charge on any atom is -0.302 e. The van der Waals surface area contributed by atoms with Crippen LogP contribution in [0.4, 0.5) is 0 Å². The number of hydrogen-bond donors (Lipinski definition) is 3. The van der Waals surface area contributed by atoms with E-state index >= 15 is 0 Å². The molecule has 4 rings (SSSR count). The average Bonchev–Trinajstić information content (AvgIpc) is 3.15. The zero-order valence-corrected chi connectivity index (χ0v) is 16.8. The molecule has 2 aliphatic heterocycles. The molecule has 1 aromatic heterocycles. The largest absolute Gasteiger partial charge is 0.302 e. The molecule has 28 heavy (non-hydrogen) atoms. The van der Waals surface area contributed by atoms with Gasteiger partial charge in [0.1, 0.15) is 6.73 Å². The summed E-state index contributed by atoms with van der Waals surface area (Å²) in [7, 11) is 0. The van der Waals surface area contributed by atoms with E-state index in [0.29, 0.717) is 18.8 Å². The number of hydroxylamine groups is 1. The molecule has 3 N–H and O–H groups in total. The Bertz CT molecular complexity index is 739. The quantitative estimate of drug-likeness (QED) is 0.683. The van der Waals surface area contributed by atoms with Crippen molar-refractivity contribution >= 4 is 0 Å². The van der Waals surface area contributed by atoms with Crippen LogP contribution in [0.5, 0.6) is 0 Å². The first-order valence-electron chi connectivity index (χ1n) is 10.2. The summed E-state index contributed by atoms with van der Waals surface area (Å²) in [5.74, 6) is 0. The van der Waals surface area contributed by atoms with Gasteiger partial charge in [0.25, 0.3) is 0 Å². The molecule has 6 nitrogen and oxygen atoms in total. The molecule has 0 radical (unpaired) electrons. The van der Waals surface area contributed by atoms with Crippen LogP contribution in [0.2, 0.25) is 0 Å². The summed E-state index contributed by atoms with van der Waals surface area (Å²) in [6.45, 7) is 8.90. The summed E-state index contributed by atoms with van der Waals surface area (Å²) in [5.41, 5.74) is 6.82. The van der Waals surface area contributed by atoms with Gasteiger partial charge in [0.15, 0.2) is 0 Å². The summed E-state index contributed by atoms with van der Waals surface area (Å²) in [6, 6.07) is 16.0. The van der Waals surface area contributed by atoms with Crippen LogP contribution >= 0.6 is 0 Å². The van der Waals surface area contributed by atoms with Crippen molar-refractivity contribution in [3.8, 4) is 0 Å². The Hall–Kier alpha value is -1.83. The van der Waals surface area contributed by atoms with Crippen molar-refractivity contribution in [2.45, 2.75) is 51.0 Å². The topological polar surface area (TPSA) is 61.5 Å². The minimum absolute atomic E-state index is 0.0657. The fraction of sp³-hybridized carbons (Fsp3) is 0.500. The van der Waals surface area contributed by atoms with Crippen molar-refractivity contribution in [2.24, 2.45) is 0 Å². The fourth-order valence-corrected chi connectivity index (χ4v) is 4.09. The lowest BCUT2D eigenvalue weighted by molar-refractivity contribution is -0.0347. The van der Waals surface area contributed by atoms with Gasteiger partial charge in [-0.1, -0.05) is 37.3 Å². The monoisotopic (exact) mass is 381 g/mol. The van der Waals surface area contributed by atoms with Crippen LogP contribution in [0.3, 0.4) is 0 Å². The molecule has 1 aromatic carbocycles. The van der Waals surface area contributed by atoms with Gasteiger partial charge >= 0.3 is 0 Å². The Balaban J connectivity index is 1.37. The molecule has 3 unspecified atom stereocenters. The van der Waals surface area contributed by atoms with Crippen LogP contribution in [0.1, 0.15) is 37.1 Å². The summed E-state index contributed by atoms with van der Waals surface area (Å²) in [6.07, 6.45) is 2.87. The summed E-state index contributed by atoms with van der Waals surface area (Å²) >= 11 is 0. The molecule has 2 fully saturated rings. The fourth-order valence-electron chi connectivity index (χ4n) is 4.09. The van der Waals surface area contributed by atoms with Gasteiger partial charge in [0.05, 0.1) is 11.7 Å². The van der Waals surface area contributed by atoms with Gasteiger partial charge in [-0.25, -0.2) is 0 Å². The van der Waals surface area contributed by atoms with Crippen molar-refractivity contribution in [1.29, 1.82) is 0 Å². The average molecular weight is 382 g/mol. The molecule has 0 bridgehead atoms. The third-order valence-electron chi connectivity index (χ3n) is 6.14. The number of nitrogens with zero attached hydrogens (tertiary/aromatic N) is 2. The van der Waals surface area contributed by atoms with Crippen molar-refractivity contribution < 1.29 is 4.84 Å². The van der Waals surface area contributed by atoms with Gasteiger partial charge < -0.3 is 5.32 Å². The second-order valence-corrected chi connectivity index (χ2v) is 8.07. The Morgan fingerprint density at radius 1 is 1.18 bits per heavy atom. The molecule has 0 saturated carbocycles. The molecule has 3 heterocycles. The zero-order valence-electron chi connectivity index (χ0n) is 16.8. The van der Waals surface area contributed by atoms with E-state index in [9.17, 15) is 0 Å². The standard InChI is InChI=1S/C22H31N5O/c1-3-22(2,25-12-19-6-4-5-11-23-19)18-9-7-17(8-10-18)13-27-14-20-21(15-27)26-28-16-24-20/h4-11,20-21,24-26H,3,12-16H2,1-2H3. The first-order valence-corrected chi connectivity index (χ1v) is 10.2. The molecule has 150 valence electrons. The summed E-state index contributed by atoms with van der Waals surface area (Å²) < 4.78 is 0. The third-order valence-corrected chi connectivity index (χ3v) is 6.14. The molecule has 0 amide bonds. The van der Waals surface area contributed by atoms with Crippen LogP contribution in [-0.2, 0) is 23.5 Å². The van der Waals surface area contributed by atoms with Crippen molar-refractivity contribution in [3.63, 3.8) is 0 Å². The van der Waals surface area contributed by atoms with Crippen molar-refractivity contribution in [1.82, 2.24) is 26.0 Å². The van der Waals surface area contributed by atoms with Gasteiger partial charge in [-0.15, -0.1) is 0 Å². The first kappa shape index (κ1) is 19.5. The molecule has 0 spiro atoms. The predicted octanol–water partition coefficient (Wildman–Crippen LogP) is 2.13. The van der Waals surface area contributed by atoms with E-state index in [4.69, 9.17) is 4.84 Å². The predicted molar refractivity (Wildman–Crippen MR) is 110 cm³/mol. The lowest BCUT2D eigenvalue weighted by Crippen LogP contribution is -2.53. The van der Waals surface area contributed by atoms with Crippen molar-refractivity contribution in [3.05, 3.63) is 65.5 Å². The first-order chi connectivity index (χ1) is 13.7. The highest BCUT2D eigenvalue weighted by Gasteiger charge is 2.34. The number of nitrogens with one attached hydrogen (secondary N) is 3. The second-order valence-electron chi connectivity index (χ2n) is 8.07. The molecule has 2 aromatic rings. The number of fused-ring (bicyclic) bond motifs is 1. The third kappa shape index (κ3) is 4.42. The Labute approximate surface area is 167 Å². The van der Waals surface area contributed by atoms with E-state index in [1.54, 1.807) is 0 Å². The maximum atomic E-state index is 5.30. The van der Waals surface area contributed by atoms with E-state index in [0.717, 1.165) is 38.3 Å².